The third-order valence-electron chi connectivity index (χ3n) is 2.74. The molecule has 19 heavy (non-hydrogen) atoms. The Morgan fingerprint density at radius 3 is 2.95 bits per heavy atom. The van der Waals surface area contributed by atoms with Crippen LogP contribution in [0, 0.1) is 5.82 Å². The molecule has 0 saturated carbocycles. The zero-order chi connectivity index (χ0) is 13.8. The molecular formula is C13H13BrFN3O. The predicted molar refractivity (Wildman–Crippen MR) is 73.3 cm³/mol. The van der Waals surface area contributed by atoms with Gasteiger partial charge in [-0.15, -0.1) is 0 Å². The van der Waals surface area contributed by atoms with Gasteiger partial charge < -0.3 is 9.88 Å². The van der Waals surface area contributed by atoms with Crippen LogP contribution in [0.25, 0.3) is 0 Å². The molecule has 0 fully saturated rings. The van der Waals surface area contributed by atoms with Crippen molar-refractivity contribution in [2.24, 2.45) is 7.05 Å². The van der Waals surface area contributed by atoms with Crippen molar-refractivity contribution in [1.29, 1.82) is 0 Å². The van der Waals surface area contributed by atoms with E-state index in [4.69, 9.17) is 0 Å². The van der Waals surface area contributed by atoms with E-state index in [1.54, 1.807) is 12.3 Å². The summed E-state index contributed by atoms with van der Waals surface area (Å²) < 4.78 is 15.5. The lowest BCUT2D eigenvalue weighted by molar-refractivity contribution is 0.0953. The van der Waals surface area contributed by atoms with Crippen molar-refractivity contribution >= 4 is 21.8 Å². The summed E-state index contributed by atoms with van der Waals surface area (Å²) in [7, 11) is 1.90. The number of imidazole rings is 1. The topological polar surface area (TPSA) is 46.9 Å². The molecule has 100 valence electrons. The Kier molecular flexibility index (Phi) is 4.31. The number of nitrogens with zero attached hydrogens (tertiary/aromatic N) is 2. The number of hydrogen-bond acceptors (Lipinski definition) is 2. The Morgan fingerprint density at radius 1 is 1.53 bits per heavy atom. The molecule has 0 saturated heterocycles. The first-order valence-electron chi connectivity index (χ1n) is 5.77. The van der Waals surface area contributed by atoms with Crippen molar-refractivity contribution in [3.8, 4) is 0 Å². The molecule has 4 nitrogen and oxygen atoms in total. The predicted octanol–water partition coefficient (Wildman–Crippen LogP) is 2.29. The van der Waals surface area contributed by atoms with Gasteiger partial charge in [0.15, 0.2) is 0 Å². The molecule has 2 aromatic rings. The molecule has 1 N–H and O–H groups in total. The van der Waals surface area contributed by atoms with E-state index in [2.05, 4.69) is 26.2 Å². The van der Waals surface area contributed by atoms with Crippen LogP contribution in [0.4, 0.5) is 4.39 Å². The van der Waals surface area contributed by atoms with Crippen LogP contribution < -0.4 is 5.32 Å². The second kappa shape index (κ2) is 5.97. The summed E-state index contributed by atoms with van der Waals surface area (Å²) in [5, 5.41) is 2.74. The summed E-state index contributed by atoms with van der Waals surface area (Å²) in [6, 6.07) is 4.30. The van der Waals surface area contributed by atoms with Gasteiger partial charge in [-0.25, -0.2) is 9.37 Å². The SMILES string of the molecule is Cn1ccnc1CCNC(=O)c1ccc(Br)c(F)c1. The van der Waals surface area contributed by atoms with Crippen LogP contribution >= 0.6 is 15.9 Å². The fourth-order valence-electron chi connectivity index (χ4n) is 1.66. The van der Waals surface area contributed by atoms with E-state index in [0.717, 1.165) is 5.82 Å². The lowest BCUT2D eigenvalue weighted by Crippen LogP contribution is -2.26. The number of aryl methyl sites for hydroxylation is 1. The van der Waals surface area contributed by atoms with E-state index >= 15 is 0 Å². The lowest BCUT2D eigenvalue weighted by atomic mass is 10.2. The average molecular weight is 326 g/mol. The Hall–Kier alpha value is -1.69. The molecule has 0 spiro atoms. The minimum absolute atomic E-state index is 0.291. The molecule has 0 radical (unpaired) electrons. The molecular weight excluding hydrogens is 313 g/mol. The van der Waals surface area contributed by atoms with Gasteiger partial charge in [0, 0.05) is 38.0 Å². The molecule has 1 heterocycles. The van der Waals surface area contributed by atoms with Crippen molar-refractivity contribution in [1.82, 2.24) is 14.9 Å². The summed E-state index contributed by atoms with van der Waals surface area (Å²) in [4.78, 5) is 16.0. The van der Waals surface area contributed by atoms with Gasteiger partial charge >= 0.3 is 0 Å². The van der Waals surface area contributed by atoms with Gasteiger partial charge in [0.2, 0.25) is 0 Å². The Balaban J connectivity index is 1.91. The highest BCUT2D eigenvalue weighted by Gasteiger charge is 2.08. The number of carbonyl (C=O) groups excluding carboxylic acids is 1. The maximum absolute atomic E-state index is 13.3. The van der Waals surface area contributed by atoms with Crippen LogP contribution in [-0.2, 0) is 13.5 Å². The number of hydrogen-bond donors (Lipinski definition) is 1. The summed E-state index contributed by atoms with van der Waals surface area (Å²) in [6.45, 7) is 0.460. The van der Waals surface area contributed by atoms with Gasteiger partial charge in [-0.1, -0.05) is 0 Å². The summed E-state index contributed by atoms with van der Waals surface area (Å²) in [6.07, 6.45) is 4.19. The van der Waals surface area contributed by atoms with Crippen LogP contribution in [-0.4, -0.2) is 22.0 Å². The molecule has 2 rings (SSSR count). The molecule has 0 unspecified atom stereocenters. The number of benzene rings is 1. The number of nitrogens with one attached hydrogen (secondary N) is 1. The van der Waals surface area contributed by atoms with Crippen molar-refractivity contribution in [2.45, 2.75) is 6.42 Å². The first-order valence-corrected chi connectivity index (χ1v) is 6.56. The third-order valence-corrected chi connectivity index (χ3v) is 3.38. The molecule has 6 heteroatoms. The van der Waals surface area contributed by atoms with E-state index in [9.17, 15) is 9.18 Å². The maximum atomic E-state index is 13.3. The zero-order valence-electron chi connectivity index (χ0n) is 10.4. The second-order valence-corrected chi connectivity index (χ2v) is 4.94. The molecule has 0 aliphatic carbocycles. The van der Waals surface area contributed by atoms with Gasteiger partial charge in [-0.2, -0.15) is 0 Å². The van der Waals surface area contributed by atoms with Crippen molar-refractivity contribution in [3.05, 3.63) is 52.3 Å². The largest absolute Gasteiger partial charge is 0.352 e. The summed E-state index contributed by atoms with van der Waals surface area (Å²) in [5.74, 6) is 0.152. The zero-order valence-corrected chi connectivity index (χ0v) is 11.9. The van der Waals surface area contributed by atoms with Gasteiger partial charge in [-0.05, 0) is 34.1 Å². The minimum Gasteiger partial charge on any atom is -0.352 e. The van der Waals surface area contributed by atoms with E-state index in [-0.39, 0.29) is 5.91 Å². The summed E-state index contributed by atoms with van der Waals surface area (Å²) in [5.41, 5.74) is 0.306. The van der Waals surface area contributed by atoms with Crippen LogP contribution in [0.1, 0.15) is 16.2 Å². The molecule has 0 bridgehead atoms. The molecule has 1 aromatic heterocycles. The van der Waals surface area contributed by atoms with Crippen molar-refractivity contribution in [3.63, 3.8) is 0 Å². The van der Waals surface area contributed by atoms with Gasteiger partial charge in [-0.3, -0.25) is 4.79 Å². The maximum Gasteiger partial charge on any atom is 0.251 e. The number of rotatable bonds is 4. The number of amides is 1. The van der Waals surface area contributed by atoms with Gasteiger partial charge in [0.1, 0.15) is 11.6 Å². The van der Waals surface area contributed by atoms with E-state index in [1.165, 1.54) is 12.1 Å². The van der Waals surface area contributed by atoms with E-state index in [1.807, 2.05) is 17.8 Å². The highest BCUT2D eigenvalue weighted by molar-refractivity contribution is 9.10. The first kappa shape index (κ1) is 13.7. The van der Waals surface area contributed by atoms with Gasteiger partial charge in [0.25, 0.3) is 5.91 Å². The van der Waals surface area contributed by atoms with Crippen LogP contribution in [0.3, 0.4) is 0 Å². The van der Waals surface area contributed by atoms with E-state index < -0.39 is 5.82 Å². The van der Waals surface area contributed by atoms with Crippen LogP contribution in [0.15, 0.2) is 35.1 Å². The van der Waals surface area contributed by atoms with Crippen molar-refractivity contribution in [2.75, 3.05) is 6.54 Å². The standard InChI is InChI=1S/C13H13BrFN3O/c1-18-7-6-16-12(18)4-5-17-13(19)9-2-3-10(14)11(15)8-9/h2-3,6-8H,4-5H2,1H3,(H,17,19). The minimum atomic E-state index is -0.447. The number of aromatic nitrogens is 2. The quantitative estimate of drug-likeness (QED) is 0.937. The molecule has 1 amide bonds. The second-order valence-electron chi connectivity index (χ2n) is 4.09. The molecule has 0 aliphatic heterocycles. The third kappa shape index (κ3) is 3.41. The van der Waals surface area contributed by atoms with Gasteiger partial charge in [0.05, 0.1) is 4.47 Å². The lowest BCUT2D eigenvalue weighted by Gasteiger charge is -2.06. The highest BCUT2D eigenvalue weighted by Crippen LogP contribution is 2.16. The Morgan fingerprint density at radius 2 is 2.32 bits per heavy atom. The average Bonchev–Trinajstić information content (AvgIpc) is 2.78. The normalized spacial score (nSPS) is 10.5. The Labute approximate surface area is 118 Å². The van der Waals surface area contributed by atoms with Crippen LogP contribution in [0.5, 0.6) is 0 Å². The van der Waals surface area contributed by atoms with Crippen LogP contribution in [0.2, 0.25) is 0 Å². The fraction of sp³-hybridized carbons (Fsp3) is 0.231. The number of halogens is 2. The monoisotopic (exact) mass is 325 g/mol. The molecule has 1 aromatic carbocycles. The first-order chi connectivity index (χ1) is 9.08. The molecule has 0 atom stereocenters. The molecule has 0 aliphatic rings. The number of carbonyl (C=O) groups is 1. The van der Waals surface area contributed by atoms with E-state index in [0.29, 0.717) is 23.0 Å². The fourth-order valence-corrected chi connectivity index (χ4v) is 1.91. The van der Waals surface area contributed by atoms with Crippen molar-refractivity contribution < 1.29 is 9.18 Å². The highest BCUT2D eigenvalue weighted by atomic mass is 79.9. The Bertz CT molecular complexity index is 597. The summed E-state index contributed by atoms with van der Waals surface area (Å²) >= 11 is 3.05. The smallest absolute Gasteiger partial charge is 0.251 e.